The van der Waals surface area contributed by atoms with Gasteiger partial charge in [-0.25, -0.2) is 0 Å². The number of methoxy groups -OCH3 is 1. The number of hydrogen-bond acceptors (Lipinski definition) is 5. The first kappa shape index (κ1) is 16.4. The van der Waals surface area contributed by atoms with Crippen molar-refractivity contribution < 1.29 is 9.26 Å². The van der Waals surface area contributed by atoms with Crippen LogP contribution in [0.5, 0.6) is 0 Å². The Hall–Kier alpha value is -0.940. The molecule has 1 aromatic rings. The molecule has 1 aliphatic carbocycles. The fourth-order valence-corrected chi connectivity index (χ4v) is 2.76. The van der Waals surface area contributed by atoms with Crippen LogP contribution in [0, 0.1) is 11.3 Å². The van der Waals surface area contributed by atoms with Crippen LogP contribution in [-0.2, 0) is 16.8 Å². The van der Waals surface area contributed by atoms with Gasteiger partial charge in [-0.2, -0.15) is 4.98 Å². The van der Waals surface area contributed by atoms with Gasteiger partial charge < -0.3 is 15.0 Å². The van der Waals surface area contributed by atoms with E-state index < -0.39 is 0 Å². The summed E-state index contributed by atoms with van der Waals surface area (Å²) in [6, 6.07) is -0.00401. The second kappa shape index (κ2) is 6.05. The van der Waals surface area contributed by atoms with Gasteiger partial charge in [-0.05, 0) is 37.0 Å². The summed E-state index contributed by atoms with van der Waals surface area (Å²) in [6.07, 6.45) is 4.79. The Balaban J connectivity index is 2.11. The Kier molecular flexibility index (Phi) is 4.73. The number of nitrogens with two attached hydrogens (primary N) is 1. The molecule has 1 fully saturated rings. The maximum absolute atomic E-state index is 6.20. The predicted octanol–water partition coefficient (Wildman–Crippen LogP) is 3.04. The normalized spacial score (nSPS) is 28.6. The molecule has 1 atom stereocenters. The summed E-state index contributed by atoms with van der Waals surface area (Å²) in [5.74, 6) is 2.05. The zero-order chi connectivity index (χ0) is 15.7. The minimum absolute atomic E-state index is 0.00401. The van der Waals surface area contributed by atoms with Gasteiger partial charge in [0.2, 0.25) is 11.7 Å². The van der Waals surface area contributed by atoms with Crippen LogP contribution < -0.4 is 5.73 Å². The van der Waals surface area contributed by atoms with Crippen molar-refractivity contribution in [2.24, 2.45) is 17.1 Å². The van der Waals surface area contributed by atoms with E-state index in [0.717, 1.165) is 31.6 Å². The molecule has 1 saturated carbocycles. The molecule has 2 N–H and O–H groups in total. The van der Waals surface area contributed by atoms with E-state index in [0.29, 0.717) is 18.1 Å². The second-order valence-electron chi connectivity index (χ2n) is 7.57. The summed E-state index contributed by atoms with van der Waals surface area (Å²) < 4.78 is 11.2. The SMILES string of the molecule is COC1(c2noc(CC(N)C(C)(C)C)n2)CCC(C)CC1. The third-order valence-electron chi connectivity index (χ3n) is 4.86. The molecule has 1 unspecified atom stereocenters. The first-order valence-electron chi connectivity index (χ1n) is 7.90. The van der Waals surface area contributed by atoms with Gasteiger partial charge in [-0.3, -0.25) is 0 Å². The van der Waals surface area contributed by atoms with E-state index in [9.17, 15) is 0 Å². The number of hydrogen-bond donors (Lipinski definition) is 1. The lowest BCUT2D eigenvalue weighted by molar-refractivity contribution is -0.0609. The smallest absolute Gasteiger partial charge is 0.228 e. The number of rotatable bonds is 4. The molecule has 1 aromatic heterocycles. The summed E-state index contributed by atoms with van der Waals surface area (Å²) >= 11 is 0. The fraction of sp³-hybridized carbons (Fsp3) is 0.875. The van der Waals surface area contributed by atoms with Gasteiger partial charge in [0.1, 0.15) is 5.60 Å². The lowest BCUT2D eigenvalue weighted by atomic mass is 9.79. The standard InChI is InChI=1S/C16H29N3O2/c1-11-6-8-16(20-5,9-7-11)14-18-13(21-19-14)10-12(17)15(2,3)4/h11-12H,6-10,17H2,1-5H3. The minimum atomic E-state index is -0.375. The molecule has 0 amide bonds. The van der Waals surface area contributed by atoms with Crippen molar-refractivity contribution in [1.82, 2.24) is 10.1 Å². The Bertz CT molecular complexity index is 456. The topological polar surface area (TPSA) is 74.2 Å². The number of ether oxygens (including phenoxy) is 1. The molecular weight excluding hydrogens is 266 g/mol. The van der Waals surface area contributed by atoms with Gasteiger partial charge in [0, 0.05) is 19.6 Å². The lowest BCUT2D eigenvalue weighted by Gasteiger charge is -2.35. The van der Waals surface area contributed by atoms with Crippen LogP contribution in [0.4, 0.5) is 0 Å². The molecule has 1 heterocycles. The van der Waals surface area contributed by atoms with Gasteiger partial charge in [-0.1, -0.05) is 32.9 Å². The van der Waals surface area contributed by atoms with Crippen molar-refractivity contribution in [2.45, 2.75) is 71.4 Å². The first-order chi connectivity index (χ1) is 9.77. The minimum Gasteiger partial charge on any atom is -0.370 e. The van der Waals surface area contributed by atoms with Crippen LogP contribution in [0.3, 0.4) is 0 Å². The highest BCUT2D eigenvalue weighted by Gasteiger charge is 2.40. The molecule has 5 heteroatoms. The molecule has 0 spiro atoms. The van der Waals surface area contributed by atoms with E-state index >= 15 is 0 Å². The highest BCUT2D eigenvalue weighted by atomic mass is 16.5. The Morgan fingerprint density at radius 2 is 2.00 bits per heavy atom. The van der Waals surface area contributed by atoms with E-state index in [4.69, 9.17) is 15.0 Å². The molecule has 21 heavy (non-hydrogen) atoms. The van der Waals surface area contributed by atoms with Crippen molar-refractivity contribution in [3.8, 4) is 0 Å². The van der Waals surface area contributed by atoms with Crippen LogP contribution in [-0.4, -0.2) is 23.3 Å². The van der Waals surface area contributed by atoms with E-state index in [-0.39, 0.29) is 17.1 Å². The second-order valence-corrected chi connectivity index (χ2v) is 7.57. The third kappa shape index (κ3) is 3.64. The maximum atomic E-state index is 6.20. The number of nitrogens with zero attached hydrogens (tertiary/aromatic N) is 2. The van der Waals surface area contributed by atoms with Gasteiger partial charge in [0.05, 0.1) is 0 Å². The van der Waals surface area contributed by atoms with E-state index in [2.05, 4.69) is 37.8 Å². The van der Waals surface area contributed by atoms with Gasteiger partial charge in [0.25, 0.3) is 0 Å². The average Bonchev–Trinajstić information content (AvgIpc) is 2.88. The summed E-state index contributed by atoms with van der Waals surface area (Å²) in [5.41, 5.74) is 5.84. The molecule has 2 rings (SSSR count). The Morgan fingerprint density at radius 1 is 1.38 bits per heavy atom. The zero-order valence-electron chi connectivity index (χ0n) is 14.0. The van der Waals surface area contributed by atoms with Gasteiger partial charge >= 0.3 is 0 Å². The van der Waals surface area contributed by atoms with Crippen molar-refractivity contribution in [3.63, 3.8) is 0 Å². The monoisotopic (exact) mass is 295 g/mol. The predicted molar refractivity (Wildman–Crippen MR) is 81.8 cm³/mol. The fourth-order valence-electron chi connectivity index (χ4n) is 2.76. The summed E-state index contributed by atoms with van der Waals surface area (Å²) in [5, 5.41) is 4.18. The summed E-state index contributed by atoms with van der Waals surface area (Å²) in [6.45, 7) is 8.64. The molecule has 1 aliphatic rings. The molecule has 0 radical (unpaired) electrons. The van der Waals surface area contributed by atoms with Gasteiger partial charge in [0.15, 0.2) is 0 Å². The first-order valence-corrected chi connectivity index (χ1v) is 7.90. The molecule has 0 aliphatic heterocycles. The highest BCUT2D eigenvalue weighted by Crippen LogP contribution is 2.40. The summed E-state index contributed by atoms with van der Waals surface area (Å²) in [4.78, 5) is 4.57. The van der Waals surface area contributed by atoms with Crippen LogP contribution >= 0.6 is 0 Å². The molecule has 0 aromatic carbocycles. The molecule has 5 nitrogen and oxygen atoms in total. The summed E-state index contributed by atoms with van der Waals surface area (Å²) in [7, 11) is 1.74. The van der Waals surface area contributed by atoms with E-state index in [1.807, 2.05) is 0 Å². The maximum Gasteiger partial charge on any atom is 0.228 e. The van der Waals surface area contributed by atoms with Crippen molar-refractivity contribution in [2.75, 3.05) is 7.11 Å². The number of aromatic nitrogens is 2. The van der Waals surface area contributed by atoms with Crippen molar-refractivity contribution >= 4 is 0 Å². The largest absolute Gasteiger partial charge is 0.370 e. The van der Waals surface area contributed by atoms with E-state index in [1.54, 1.807) is 7.11 Å². The van der Waals surface area contributed by atoms with Gasteiger partial charge in [-0.15, -0.1) is 0 Å². The molecular formula is C16H29N3O2. The van der Waals surface area contributed by atoms with E-state index in [1.165, 1.54) is 0 Å². The van der Waals surface area contributed by atoms with Crippen LogP contribution in [0.2, 0.25) is 0 Å². The lowest BCUT2D eigenvalue weighted by Crippen LogP contribution is -2.37. The molecule has 0 bridgehead atoms. The van der Waals surface area contributed by atoms with Crippen molar-refractivity contribution in [1.29, 1.82) is 0 Å². The van der Waals surface area contributed by atoms with Crippen LogP contribution in [0.1, 0.15) is 65.1 Å². The Morgan fingerprint density at radius 3 is 2.52 bits per heavy atom. The highest BCUT2D eigenvalue weighted by molar-refractivity contribution is 5.04. The van der Waals surface area contributed by atoms with Crippen molar-refractivity contribution in [3.05, 3.63) is 11.7 Å². The van der Waals surface area contributed by atoms with Crippen LogP contribution in [0.25, 0.3) is 0 Å². The molecule has 120 valence electrons. The zero-order valence-corrected chi connectivity index (χ0v) is 14.0. The van der Waals surface area contributed by atoms with Crippen LogP contribution in [0.15, 0.2) is 4.52 Å². The quantitative estimate of drug-likeness (QED) is 0.924. The molecule has 0 saturated heterocycles. The average molecular weight is 295 g/mol. The third-order valence-corrected chi connectivity index (χ3v) is 4.86. The Labute approximate surface area is 127 Å².